The van der Waals surface area contributed by atoms with Crippen LogP contribution in [0.5, 0.6) is 5.75 Å². The Bertz CT molecular complexity index is 1010. The lowest BCUT2D eigenvalue weighted by molar-refractivity contribution is -0.122. The van der Waals surface area contributed by atoms with E-state index in [2.05, 4.69) is 20.2 Å². The number of amides is 1. The molecule has 190 valence electrons. The standard InChI is InChI=1S/C25H30ClF3N4O2/c1-25(28,29)15-32-23(34)11-18-2-3-20(12-22(18)27)35-9-6-17-10-21(17)16-4-7-33(8-5-16)24-30-13-19(26)14-31-24/h2-3,12-14,16-17,21H,4-11,15H2,1H3,(H,32,34). The number of hydrogen-bond acceptors (Lipinski definition) is 5. The molecule has 2 atom stereocenters. The number of rotatable bonds is 10. The third kappa shape index (κ3) is 7.46. The summed E-state index contributed by atoms with van der Waals surface area (Å²) < 4.78 is 45.7. The first-order chi connectivity index (χ1) is 16.7. The SMILES string of the molecule is CC(F)(F)CNC(=O)Cc1ccc(OCCC2CC2C2CCN(c3ncc(Cl)cn3)CC2)cc1F. The van der Waals surface area contributed by atoms with Crippen molar-refractivity contribution < 1.29 is 22.7 Å². The second-order valence-electron chi connectivity index (χ2n) is 9.60. The second kappa shape index (κ2) is 11.0. The molecule has 1 saturated heterocycles. The number of nitrogens with zero attached hydrogens (tertiary/aromatic N) is 3. The molecule has 0 bridgehead atoms. The molecule has 1 amide bonds. The van der Waals surface area contributed by atoms with E-state index in [4.69, 9.17) is 16.3 Å². The van der Waals surface area contributed by atoms with Gasteiger partial charge >= 0.3 is 0 Å². The number of benzene rings is 1. The maximum Gasteiger partial charge on any atom is 0.262 e. The van der Waals surface area contributed by atoms with Gasteiger partial charge in [0, 0.05) is 26.1 Å². The van der Waals surface area contributed by atoms with Crippen molar-refractivity contribution in [2.75, 3.05) is 31.1 Å². The van der Waals surface area contributed by atoms with E-state index in [1.54, 1.807) is 18.5 Å². The smallest absolute Gasteiger partial charge is 0.262 e. The zero-order valence-corrected chi connectivity index (χ0v) is 20.4. The molecule has 2 unspecified atom stereocenters. The number of alkyl halides is 2. The molecular formula is C25H30ClF3N4O2. The van der Waals surface area contributed by atoms with Crippen LogP contribution in [0.25, 0.3) is 0 Å². The molecule has 2 aliphatic rings. The number of carbonyl (C=O) groups excluding carboxylic acids is 1. The van der Waals surface area contributed by atoms with Crippen molar-refractivity contribution >= 4 is 23.5 Å². The minimum Gasteiger partial charge on any atom is -0.493 e. The van der Waals surface area contributed by atoms with Gasteiger partial charge in [-0.05, 0) is 55.1 Å². The molecule has 4 rings (SSSR count). The molecule has 2 aromatic rings. The predicted octanol–water partition coefficient (Wildman–Crippen LogP) is 4.90. The van der Waals surface area contributed by atoms with Crippen molar-refractivity contribution in [3.8, 4) is 5.75 Å². The first-order valence-corrected chi connectivity index (χ1v) is 12.3. The van der Waals surface area contributed by atoms with Gasteiger partial charge in [0.2, 0.25) is 11.9 Å². The molecule has 2 heterocycles. The number of piperidine rings is 1. The van der Waals surface area contributed by atoms with E-state index in [0.717, 1.165) is 38.3 Å². The lowest BCUT2D eigenvalue weighted by atomic mass is 9.90. The largest absolute Gasteiger partial charge is 0.493 e. The van der Waals surface area contributed by atoms with Crippen molar-refractivity contribution in [3.63, 3.8) is 0 Å². The van der Waals surface area contributed by atoms with E-state index in [1.165, 1.54) is 18.6 Å². The molecule has 35 heavy (non-hydrogen) atoms. The third-order valence-corrected chi connectivity index (χ3v) is 6.94. The van der Waals surface area contributed by atoms with Crippen LogP contribution in [0.1, 0.15) is 38.2 Å². The number of hydrogen-bond donors (Lipinski definition) is 1. The molecule has 1 aliphatic heterocycles. The molecule has 0 spiro atoms. The molecule has 10 heteroatoms. The van der Waals surface area contributed by atoms with E-state index in [-0.39, 0.29) is 12.0 Å². The van der Waals surface area contributed by atoms with Crippen LogP contribution in [0.3, 0.4) is 0 Å². The quantitative estimate of drug-likeness (QED) is 0.492. The third-order valence-electron chi connectivity index (χ3n) is 6.74. The van der Waals surface area contributed by atoms with Crippen molar-refractivity contribution in [2.24, 2.45) is 17.8 Å². The van der Waals surface area contributed by atoms with Gasteiger partial charge in [0.25, 0.3) is 5.92 Å². The molecule has 1 N–H and O–H groups in total. The normalized spacial score (nSPS) is 20.5. The number of halogens is 4. The average Bonchev–Trinajstić information content (AvgIpc) is 3.59. The van der Waals surface area contributed by atoms with Gasteiger partial charge in [0.15, 0.2) is 0 Å². The second-order valence-corrected chi connectivity index (χ2v) is 10.0. The Hall–Kier alpha value is -2.55. The van der Waals surface area contributed by atoms with Crippen molar-refractivity contribution in [1.82, 2.24) is 15.3 Å². The topological polar surface area (TPSA) is 67.3 Å². The average molecular weight is 511 g/mol. The van der Waals surface area contributed by atoms with Crippen molar-refractivity contribution in [3.05, 3.63) is 47.0 Å². The summed E-state index contributed by atoms with van der Waals surface area (Å²) in [5.41, 5.74) is 0.145. The molecule has 1 saturated carbocycles. The van der Waals surface area contributed by atoms with Gasteiger partial charge in [-0.15, -0.1) is 0 Å². The molecule has 6 nitrogen and oxygen atoms in total. The Kier molecular flexibility index (Phi) is 8.04. The molecule has 1 aliphatic carbocycles. The summed E-state index contributed by atoms with van der Waals surface area (Å²) in [6.45, 7) is 2.33. The predicted molar refractivity (Wildman–Crippen MR) is 127 cm³/mol. The van der Waals surface area contributed by atoms with Gasteiger partial charge in [0.05, 0.1) is 37.0 Å². The van der Waals surface area contributed by atoms with Crippen LogP contribution in [0.4, 0.5) is 19.1 Å². The van der Waals surface area contributed by atoms with Gasteiger partial charge < -0.3 is 15.0 Å². The van der Waals surface area contributed by atoms with E-state index in [1.807, 2.05) is 0 Å². The number of carbonyl (C=O) groups is 1. The number of nitrogens with one attached hydrogen (secondary N) is 1. The highest BCUT2D eigenvalue weighted by atomic mass is 35.5. The summed E-state index contributed by atoms with van der Waals surface area (Å²) >= 11 is 5.87. The van der Waals surface area contributed by atoms with Gasteiger partial charge in [-0.25, -0.2) is 23.1 Å². The summed E-state index contributed by atoms with van der Waals surface area (Å²) in [6.07, 6.45) is 7.30. The Balaban J connectivity index is 1.15. The lowest BCUT2D eigenvalue weighted by Crippen LogP contribution is -2.35. The van der Waals surface area contributed by atoms with Crippen LogP contribution in [0, 0.1) is 23.6 Å². The molecule has 1 aromatic carbocycles. The fourth-order valence-corrected chi connectivity index (χ4v) is 4.85. The Labute approximate surface area is 208 Å². The highest BCUT2D eigenvalue weighted by Crippen LogP contribution is 2.49. The van der Waals surface area contributed by atoms with E-state index in [0.29, 0.717) is 42.1 Å². The van der Waals surface area contributed by atoms with E-state index >= 15 is 0 Å². The summed E-state index contributed by atoms with van der Waals surface area (Å²) in [5, 5.41) is 2.65. The van der Waals surface area contributed by atoms with Crippen molar-refractivity contribution in [2.45, 2.75) is 45.0 Å². The number of anilines is 1. The minimum atomic E-state index is -3.00. The maximum atomic E-state index is 14.3. The summed E-state index contributed by atoms with van der Waals surface area (Å²) in [4.78, 5) is 22.6. The fourth-order valence-electron chi connectivity index (χ4n) is 4.76. The Morgan fingerprint density at radius 2 is 1.97 bits per heavy atom. The van der Waals surface area contributed by atoms with Crippen molar-refractivity contribution in [1.29, 1.82) is 0 Å². The van der Waals surface area contributed by atoms with Crippen LogP contribution in [-0.4, -0.2) is 48.0 Å². The summed E-state index contributed by atoms with van der Waals surface area (Å²) in [7, 11) is 0. The first kappa shape index (κ1) is 25.5. The van der Waals surface area contributed by atoms with Gasteiger partial charge in [-0.2, -0.15) is 0 Å². The minimum absolute atomic E-state index is 0.145. The fraction of sp³-hybridized carbons (Fsp3) is 0.560. The monoisotopic (exact) mass is 510 g/mol. The lowest BCUT2D eigenvalue weighted by Gasteiger charge is -2.32. The van der Waals surface area contributed by atoms with Gasteiger partial charge in [-0.1, -0.05) is 17.7 Å². The van der Waals surface area contributed by atoms with Crippen LogP contribution in [0.2, 0.25) is 5.02 Å². The molecular weight excluding hydrogens is 481 g/mol. The molecule has 1 aromatic heterocycles. The molecule has 2 fully saturated rings. The van der Waals surface area contributed by atoms with Gasteiger partial charge in [0.1, 0.15) is 11.6 Å². The molecule has 0 radical (unpaired) electrons. The zero-order valence-electron chi connectivity index (χ0n) is 19.7. The van der Waals surface area contributed by atoms with Gasteiger partial charge in [-0.3, -0.25) is 4.79 Å². The Morgan fingerprint density at radius 3 is 2.63 bits per heavy atom. The zero-order chi connectivity index (χ0) is 25.0. The Morgan fingerprint density at radius 1 is 1.26 bits per heavy atom. The van der Waals surface area contributed by atoms with Crippen LogP contribution in [-0.2, 0) is 11.2 Å². The number of ether oxygens (including phenoxy) is 1. The maximum absolute atomic E-state index is 14.3. The van der Waals surface area contributed by atoms with Crippen LogP contribution >= 0.6 is 11.6 Å². The van der Waals surface area contributed by atoms with E-state index in [9.17, 15) is 18.0 Å². The van der Waals surface area contributed by atoms with E-state index < -0.39 is 24.2 Å². The number of aromatic nitrogens is 2. The highest BCUT2D eigenvalue weighted by Gasteiger charge is 2.43. The summed E-state index contributed by atoms with van der Waals surface area (Å²) in [6, 6.07) is 4.32. The van der Waals surface area contributed by atoms with Crippen LogP contribution in [0.15, 0.2) is 30.6 Å². The highest BCUT2D eigenvalue weighted by molar-refractivity contribution is 6.30. The first-order valence-electron chi connectivity index (χ1n) is 12.0. The van der Waals surface area contributed by atoms with Crippen LogP contribution < -0.4 is 15.0 Å². The summed E-state index contributed by atoms with van der Waals surface area (Å²) in [5.74, 6) is -1.07.